The fraction of sp³-hybridized carbons (Fsp3) is 0.500. The minimum atomic E-state index is 0.0597. The molecule has 0 aliphatic heterocycles. The molecule has 0 saturated heterocycles. The monoisotopic (exact) mass is 266 g/mol. The Labute approximate surface area is 114 Å². The molecule has 0 atom stereocenters. The minimum Gasteiger partial charge on any atom is -0.355 e. The number of hydrogen-bond acceptors (Lipinski definition) is 3. The molecule has 1 aromatic rings. The van der Waals surface area contributed by atoms with Crippen molar-refractivity contribution in [2.45, 2.75) is 31.2 Å². The van der Waals surface area contributed by atoms with Crippen molar-refractivity contribution in [3.63, 3.8) is 0 Å². The molecule has 0 aliphatic carbocycles. The van der Waals surface area contributed by atoms with Crippen LogP contribution < -0.4 is 10.6 Å². The van der Waals surface area contributed by atoms with Crippen LogP contribution in [0.4, 0.5) is 0 Å². The molecule has 2 N–H and O–H groups in total. The maximum Gasteiger partial charge on any atom is 0.233 e. The Kier molecular flexibility index (Phi) is 6.83. The van der Waals surface area contributed by atoms with Gasteiger partial charge < -0.3 is 10.6 Å². The van der Waals surface area contributed by atoms with Crippen LogP contribution in [0.15, 0.2) is 29.2 Å². The first-order valence-corrected chi connectivity index (χ1v) is 7.47. The maximum atomic E-state index is 11.5. The van der Waals surface area contributed by atoms with Crippen LogP contribution >= 0.6 is 11.8 Å². The van der Waals surface area contributed by atoms with Gasteiger partial charge >= 0.3 is 0 Å². The summed E-state index contributed by atoms with van der Waals surface area (Å²) in [6.07, 6.45) is 2.94. The Morgan fingerprint density at radius 1 is 1.28 bits per heavy atom. The van der Waals surface area contributed by atoms with E-state index in [1.165, 1.54) is 10.5 Å². The molecule has 4 heteroatoms. The van der Waals surface area contributed by atoms with E-state index in [0.29, 0.717) is 19.1 Å². The summed E-state index contributed by atoms with van der Waals surface area (Å²) in [7, 11) is 0. The standard InChI is InChI=1S/C14H22N2OS/c1-11(2)16-10-14(17)15-9-8-12-4-6-13(18-3)7-5-12/h4-7,11,16H,8-10H2,1-3H3,(H,15,17). The number of rotatable bonds is 7. The molecule has 1 amide bonds. The summed E-state index contributed by atoms with van der Waals surface area (Å²) in [5.41, 5.74) is 1.25. The van der Waals surface area contributed by atoms with E-state index in [-0.39, 0.29) is 5.91 Å². The van der Waals surface area contributed by atoms with E-state index < -0.39 is 0 Å². The van der Waals surface area contributed by atoms with Gasteiger partial charge in [-0.1, -0.05) is 26.0 Å². The summed E-state index contributed by atoms with van der Waals surface area (Å²) in [6.45, 7) is 5.14. The van der Waals surface area contributed by atoms with E-state index in [1.807, 2.05) is 13.8 Å². The van der Waals surface area contributed by atoms with E-state index in [9.17, 15) is 4.79 Å². The van der Waals surface area contributed by atoms with E-state index in [4.69, 9.17) is 0 Å². The molecule has 0 radical (unpaired) electrons. The summed E-state index contributed by atoms with van der Waals surface area (Å²) >= 11 is 1.74. The molecule has 0 saturated carbocycles. The summed E-state index contributed by atoms with van der Waals surface area (Å²) in [5, 5.41) is 6.00. The van der Waals surface area contributed by atoms with Gasteiger partial charge in [0.25, 0.3) is 0 Å². The smallest absolute Gasteiger partial charge is 0.233 e. The highest BCUT2D eigenvalue weighted by Gasteiger charge is 2.01. The molecule has 3 nitrogen and oxygen atoms in total. The van der Waals surface area contributed by atoms with Crippen LogP contribution in [0.2, 0.25) is 0 Å². The number of benzene rings is 1. The van der Waals surface area contributed by atoms with Crippen LogP contribution in [0.1, 0.15) is 19.4 Å². The number of nitrogens with one attached hydrogen (secondary N) is 2. The second-order valence-corrected chi connectivity index (χ2v) is 5.36. The molecular formula is C14H22N2OS. The zero-order chi connectivity index (χ0) is 13.4. The Morgan fingerprint density at radius 2 is 1.94 bits per heavy atom. The molecular weight excluding hydrogens is 244 g/mol. The third kappa shape index (κ3) is 6.07. The first-order chi connectivity index (χ1) is 8.61. The average Bonchev–Trinajstić information content (AvgIpc) is 2.37. The Morgan fingerprint density at radius 3 is 2.50 bits per heavy atom. The van der Waals surface area contributed by atoms with Crippen LogP contribution in [0.3, 0.4) is 0 Å². The zero-order valence-electron chi connectivity index (χ0n) is 11.3. The van der Waals surface area contributed by atoms with Gasteiger partial charge in [-0.2, -0.15) is 0 Å². The topological polar surface area (TPSA) is 41.1 Å². The van der Waals surface area contributed by atoms with Gasteiger partial charge in [0, 0.05) is 17.5 Å². The lowest BCUT2D eigenvalue weighted by molar-refractivity contribution is -0.120. The van der Waals surface area contributed by atoms with Gasteiger partial charge in [-0.3, -0.25) is 4.79 Å². The highest BCUT2D eigenvalue weighted by Crippen LogP contribution is 2.14. The van der Waals surface area contributed by atoms with E-state index in [0.717, 1.165) is 6.42 Å². The first kappa shape index (κ1) is 15.1. The number of carbonyl (C=O) groups is 1. The molecule has 100 valence electrons. The minimum absolute atomic E-state index is 0.0597. The van der Waals surface area contributed by atoms with Crippen molar-refractivity contribution in [1.82, 2.24) is 10.6 Å². The normalized spacial score (nSPS) is 10.7. The third-order valence-corrected chi connectivity index (χ3v) is 3.31. The highest BCUT2D eigenvalue weighted by molar-refractivity contribution is 7.98. The lowest BCUT2D eigenvalue weighted by Gasteiger charge is -2.09. The number of amides is 1. The fourth-order valence-corrected chi connectivity index (χ4v) is 1.91. The summed E-state index contributed by atoms with van der Waals surface area (Å²) in [6, 6.07) is 8.80. The quantitative estimate of drug-likeness (QED) is 0.742. The van der Waals surface area contributed by atoms with Crippen molar-refractivity contribution in [2.24, 2.45) is 0 Å². The van der Waals surface area contributed by atoms with Crippen molar-refractivity contribution < 1.29 is 4.79 Å². The molecule has 0 aliphatic rings. The molecule has 0 aromatic heterocycles. The van der Waals surface area contributed by atoms with Crippen molar-refractivity contribution >= 4 is 17.7 Å². The van der Waals surface area contributed by atoms with Gasteiger partial charge in [-0.05, 0) is 30.4 Å². The van der Waals surface area contributed by atoms with E-state index in [2.05, 4.69) is 41.2 Å². The average molecular weight is 266 g/mol. The van der Waals surface area contributed by atoms with E-state index in [1.54, 1.807) is 11.8 Å². The predicted molar refractivity (Wildman–Crippen MR) is 78.1 cm³/mol. The van der Waals surface area contributed by atoms with Crippen LogP contribution in [0, 0.1) is 0 Å². The van der Waals surface area contributed by atoms with Crippen LogP contribution in [-0.4, -0.2) is 31.3 Å². The van der Waals surface area contributed by atoms with Crippen LogP contribution in [0.25, 0.3) is 0 Å². The molecule has 0 spiro atoms. The lowest BCUT2D eigenvalue weighted by Crippen LogP contribution is -2.37. The molecule has 0 bridgehead atoms. The third-order valence-electron chi connectivity index (χ3n) is 2.57. The Balaban J connectivity index is 2.22. The molecule has 1 aromatic carbocycles. The van der Waals surface area contributed by atoms with Gasteiger partial charge in [0.2, 0.25) is 5.91 Å². The van der Waals surface area contributed by atoms with Crippen molar-refractivity contribution in [2.75, 3.05) is 19.3 Å². The number of thioether (sulfide) groups is 1. The van der Waals surface area contributed by atoms with Gasteiger partial charge in [0.05, 0.1) is 6.54 Å². The fourth-order valence-electron chi connectivity index (χ4n) is 1.50. The molecule has 0 heterocycles. The molecule has 1 rings (SSSR count). The van der Waals surface area contributed by atoms with Crippen LogP contribution in [-0.2, 0) is 11.2 Å². The number of carbonyl (C=O) groups excluding carboxylic acids is 1. The van der Waals surface area contributed by atoms with Crippen molar-refractivity contribution in [3.8, 4) is 0 Å². The second kappa shape index (κ2) is 8.16. The Hall–Kier alpha value is -1.00. The molecule has 0 fully saturated rings. The summed E-state index contributed by atoms with van der Waals surface area (Å²) in [4.78, 5) is 12.7. The second-order valence-electron chi connectivity index (χ2n) is 4.48. The zero-order valence-corrected chi connectivity index (χ0v) is 12.1. The largest absolute Gasteiger partial charge is 0.355 e. The highest BCUT2D eigenvalue weighted by atomic mass is 32.2. The predicted octanol–water partition coefficient (Wildman–Crippen LogP) is 2.07. The van der Waals surface area contributed by atoms with Gasteiger partial charge in [0.1, 0.15) is 0 Å². The van der Waals surface area contributed by atoms with E-state index >= 15 is 0 Å². The van der Waals surface area contributed by atoms with Crippen molar-refractivity contribution in [3.05, 3.63) is 29.8 Å². The van der Waals surface area contributed by atoms with Crippen LogP contribution in [0.5, 0.6) is 0 Å². The lowest BCUT2D eigenvalue weighted by atomic mass is 10.1. The molecule has 0 unspecified atom stereocenters. The summed E-state index contributed by atoms with van der Waals surface area (Å²) in [5.74, 6) is 0.0597. The maximum absolute atomic E-state index is 11.5. The molecule has 18 heavy (non-hydrogen) atoms. The van der Waals surface area contributed by atoms with Crippen molar-refractivity contribution in [1.29, 1.82) is 0 Å². The summed E-state index contributed by atoms with van der Waals surface area (Å²) < 4.78 is 0. The number of hydrogen-bond donors (Lipinski definition) is 2. The SMILES string of the molecule is CSc1ccc(CCNC(=O)CNC(C)C)cc1. The van der Waals surface area contributed by atoms with Gasteiger partial charge in [-0.25, -0.2) is 0 Å². The Bertz CT molecular complexity index is 363. The van der Waals surface area contributed by atoms with Gasteiger partial charge in [-0.15, -0.1) is 11.8 Å². The van der Waals surface area contributed by atoms with Gasteiger partial charge in [0.15, 0.2) is 0 Å². The first-order valence-electron chi connectivity index (χ1n) is 6.25.